The lowest BCUT2D eigenvalue weighted by atomic mass is 10.2. The maximum atomic E-state index is 10.9. The van der Waals surface area contributed by atoms with Gasteiger partial charge in [-0.2, -0.15) is 8.42 Å². The Balaban J connectivity index is 0.000000158. The Hall–Kier alpha value is -2.97. The molecule has 1 atom stereocenters. The zero-order valence-corrected chi connectivity index (χ0v) is 14.6. The van der Waals surface area contributed by atoms with Gasteiger partial charge in [0.1, 0.15) is 0 Å². The number of hydrogen-bond acceptors (Lipinski definition) is 5. The monoisotopic (exact) mass is 370 g/mol. The summed E-state index contributed by atoms with van der Waals surface area (Å²) in [5, 5.41) is 1.81. The summed E-state index contributed by atoms with van der Waals surface area (Å²) in [4.78, 5) is 10.9. The molecule has 0 radical (unpaired) electrons. The Bertz CT molecular complexity index is 956. The number of rotatable bonds is 3. The molecule has 1 unspecified atom stereocenters. The molecular formula is C18H18N4O3S. The van der Waals surface area contributed by atoms with Crippen LogP contribution in [0.15, 0.2) is 73.5 Å². The van der Waals surface area contributed by atoms with E-state index in [2.05, 4.69) is 20.3 Å². The molecule has 7 nitrogen and oxygen atoms in total. The highest BCUT2D eigenvalue weighted by Gasteiger charge is 2.27. The molecule has 3 aromatic rings. The lowest BCUT2D eigenvalue weighted by Crippen LogP contribution is -2.30. The van der Waals surface area contributed by atoms with E-state index >= 15 is 0 Å². The van der Waals surface area contributed by atoms with E-state index in [1.165, 1.54) is 5.56 Å². The third-order valence-electron chi connectivity index (χ3n) is 3.79. The van der Waals surface area contributed by atoms with Crippen LogP contribution in [0.2, 0.25) is 0 Å². The zero-order valence-electron chi connectivity index (χ0n) is 13.8. The smallest absolute Gasteiger partial charge is 0.286 e. The molecule has 8 heteroatoms. The van der Waals surface area contributed by atoms with Gasteiger partial charge in [-0.3, -0.25) is 14.5 Å². The number of aromatic amines is 1. The Morgan fingerprint density at radius 1 is 0.962 bits per heavy atom. The van der Waals surface area contributed by atoms with Gasteiger partial charge in [0.15, 0.2) is 5.37 Å². The van der Waals surface area contributed by atoms with Gasteiger partial charge in [0.2, 0.25) is 0 Å². The van der Waals surface area contributed by atoms with Crippen LogP contribution >= 0.6 is 0 Å². The second kappa shape index (κ2) is 7.94. The van der Waals surface area contributed by atoms with Crippen LogP contribution in [0, 0.1) is 0 Å². The van der Waals surface area contributed by atoms with E-state index in [9.17, 15) is 8.42 Å². The van der Waals surface area contributed by atoms with Crippen LogP contribution in [-0.2, 0) is 10.1 Å². The molecule has 26 heavy (non-hydrogen) atoms. The van der Waals surface area contributed by atoms with E-state index in [0.717, 1.165) is 11.3 Å². The first kappa shape index (κ1) is 17.8. The van der Waals surface area contributed by atoms with Crippen LogP contribution in [0.4, 0.5) is 0 Å². The van der Waals surface area contributed by atoms with Crippen molar-refractivity contribution in [2.24, 2.45) is 0 Å². The number of nitrogens with one attached hydrogen (secondary N) is 2. The van der Waals surface area contributed by atoms with Crippen LogP contribution < -0.4 is 5.32 Å². The van der Waals surface area contributed by atoms with Crippen LogP contribution in [0.3, 0.4) is 0 Å². The second-order valence-corrected chi connectivity index (χ2v) is 7.16. The van der Waals surface area contributed by atoms with Gasteiger partial charge in [0, 0.05) is 59.9 Å². The van der Waals surface area contributed by atoms with Gasteiger partial charge < -0.3 is 10.3 Å². The van der Waals surface area contributed by atoms with Gasteiger partial charge in [-0.05, 0) is 36.4 Å². The standard InChI is InChI=1S/C9H10N2O3S.C9H8N2/c12-15(13,14)9-2-1-8(11-9)7-3-5-10-6-4-7;1-2-9(11-5-1)8-3-6-10-7-4-8/h1,3-6,9,11H,2H2,(H,12,13,14);1-7,11H. The molecule has 0 fully saturated rings. The summed E-state index contributed by atoms with van der Waals surface area (Å²) in [7, 11) is -4.02. The molecular weight excluding hydrogens is 352 g/mol. The van der Waals surface area contributed by atoms with Crippen molar-refractivity contribution in [3.63, 3.8) is 0 Å². The third-order valence-corrected chi connectivity index (χ3v) is 4.82. The van der Waals surface area contributed by atoms with Crippen molar-refractivity contribution in [3.8, 4) is 11.3 Å². The van der Waals surface area contributed by atoms with Gasteiger partial charge in [0.05, 0.1) is 0 Å². The number of aromatic nitrogens is 3. The SMILES string of the molecule is O=S(=O)(O)C1CC=C(c2ccncc2)N1.c1c[nH]c(-c2ccncc2)c1. The highest BCUT2D eigenvalue weighted by atomic mass is 32.2. The summed E-state index contributed by atoms with van der Waals surface area (Å²) in [6, 6.07) is 11.5. The molecule has 0 saturated carbocycles. The summed E-state index contributed by atoms with van der Waals surface area (Å²) in [5.41, 5.74) is 3.87. The lowest BCUT2D eigenvalue weighted by molar-refractivity contribution is 0.464. The Morgan fingerprint density at radius 2 is 1.58 bits per heavy atom. The minimum atomic E-state index is -4.02. The van der Waals surface area contributed by atoms with E-state index in [1.807, 2.05) is 30.5 Å². The van der Waals surface area contributed by atoms with Gasteiger partial charge in [0.25, 0.3) is 10.1 Å². The third kappa shape index (κ3) is 4.56. The minimum Gasteiger partial charge on any atom is -0.367 e. The Kier molecular flexibility index (Phi) is 5.45. The van der Waals surface area contributed by atoms with Crippen LogP contribution in [0.1, 0.15) is 12.0 Å². The number of H-pyrrole nitrogens is 1. The van der Waals surface area contributed by atoms with Gasteiger partial charge in [-0.15, -0.1) is 0 Å². The van der Waals surface area contributed by atoms with E-state index in [1.54, 1.807) is 43.0 Å². The summed E-state index contributed by atoms with van der Waals surface area (Å²) in [6.45, 7) is 0. The molecule has 0 amide bonds. The lowest BCUT2D eigenvalue weighted by Gasteiger charge is -2.10. The molecule has 0 spiro atoms. The quantitative estimate of drug-likeness (QED) is 0.612. The predicted octanol–water partition coefficient (Wildman–Crippen LogP) is 2.71. The number of nitrogens with zero attached hydrogens (tertiary/aromatic N) is 2. The van der Waals surface area contributed by atoms with Crippen molar-refractivity contribution in [3.05, 3.63) is 79.0 Å². The molecule has 0 bridgehead atoms. The summed E-state index contributed by atoms with van der Waals surface area (Å²) in [5.74, 6) is 0. The van der Waals surface area contributed by atoms with E-state index in [0.29, 0.717) is 5.70 Å². The molecule has 3 aromatic heterocycles. The van der Waals surface area contributed by atoms with Crippen molar-refractivity contribution in [2.75, 3.05) is 0 Å². The maximum absolute atomic E-state index is 10.9. The predicted molar refractivity (Wildman–Crippen MR) is 99.3 cm³/mol. The summed E-state index contributed by atoms with van der Waals surface area (Å²) < 4.78 is 30.6. The fourth-order valence-electron chi connectivity index (χ4n) is 2.49. The van der Waals surface area contributed by atoms with E-state index in [4.69, 9.17) is 4.55 Å². The molecule has 1 aliphatic heterocycles. The largest absolute Gasteiger partial charge is 0.367 e. The van der Waals surface area contributed by atoms with Crippen LogP contribution in [0.25, 0.3) is 17.0 Å². The number of pyridine rings is 2. The van der Waals surface area contributed by atoms with Crippen LogP contribution in [0.5, 0.6) is 0 Å². The number of hydrogen-bond donors (Lipinski definition) is 3. The fourth-order valence-corrected chi connectivity index (χ4v) is 3.10. The first-order chi connectivity index (χ1) is 12.5. The second-order valence-electron chi connectivity index (χ2n) is 5.56. The maximum Gasteiger partial charge on any atom is 0.286 e. The van der Waals surface area contributed by atoms with Crippen LogP contribution in [-0.4, -0.2) is 33.3 Å². The molecule has 134 valence electrons. The molecule has 4 rings (SSSR count). The average Bonchev–Trinajstić information content (AvgIpc) is 3.35. The molecule has 4 heterocycles. The van der Waals surface area contributed by atoms with Crippen molar-refractivity contribution in [1.29, 1.82) is 0 Å². The molecule has 3 N–H and O–H groups in total. The van der Waals surface area contributed by atoms with E-state index < -0.39 is 15.5 Å². The zero-order chi connectivity index (χ0) is 18.4. The first-order valence-electron chi connectivity index (χ1n) is 7.91. The molecule has 0 aromatic carbocycles. The van der Waals surface area contributed by atoms with Crippen molar-refractivity contribution < 1.29 is 13.0 Å². The Labute approximate surface area is 151 Å². The van der Waals surface area contributed by atoms with E-state index in [-0.39, 0.29) is 6.42 Å². The van der Waals surface area contributed by atoms with Crippen molar-refractivity contribution in [2.45, 2.75) is 11.8 Å². The Morgan fingerprint density at radius 3 is 2.08 bits per heavy atom. The van der Waals surface area contributed by atoms with Gasteiger partial charge in [-0.25, -0.2) is 0 Å². The van der Waals surface area contributed by atoms with Crippen molar-refractivity contribution in [1.82, 2.24) is 20.3 Å². The summed E-state index contributed by atoms with van der Waals surface area (Å²) in [6.07, 6.45) is 10.8. The molecule has 0 aliphatic carbocycles. The van der Waals surface area contributed by atoms with Gasteiger partial charge in [-0.1, -0.05) is 6.08 Å². The minimum absolute atomic E-state index is 0.274. The highest BCUT2D eigenvalue weighted by Crippen LogP contribution is 2.21. The topological polar surface area (TPSA) is 108 Å². The summed E-state index contributed by atoms with van der Waals surface area (Å²) >= 11 is 0. The molecule has 0 saturated heterocycles. The normalized spacial score (nSPS) is 16.2. The average molecular weight is 370 g/mol. The van der Waals surface area contributed by atoms with Crippen molar-refractivity contribution >= 4 is 15.8 Å². The fraction of sp³-hybridized carbons (Fsp3) is 0.111. The highest BCUT2D eigenvalue weighted by molar-refractivity contribution is 7.86. The molecule has 1 aliphatic rings. The first-order valence-corrected chi connectivity index (χ1v) is 9.41. The van der Waals surface area contributed by atoms with Gasteiger partial charge >= 0.3 is 0 Å².